The van der Waals surface area contributed by atoms with Crippen LogP contribution >= 0.6 is 0 Å². The second-order valence-corrected chi connectivity index (χ2v) is 4.70. The first-order chi connectivity index (χ1) is 9.95. The maximum atomic E-state index is 12.0. The highest BCUT2D eigenvalue weighted by atomic mass is 16.2. The standard InChI is InChI=1S/C15H16N4O2/c1-9-6-10(15(17)21)2-5-13(9)19-14(20)7-12-4-3-11(16)8-18-12/h2-6,8H,7,16H2,1H3,(H2,17,21)(H,19,20). The van der Waals surface area contributed by atoms with E-state index in [1.54, 1.807) is 37.3 Å². The molecule has 0 saturated carbocycles. The van der Waals surface area contributed by atoms with Gasteiger partial charge in [0, 0.05) is 16.9 Å². The first kappa shape index (κ1) is 14.5. The van der Waals surface area contributed by atoms with Crippen molar-refractivity contribution in [1.82, 2.24) is 4.98 Å². The van der Waals surface area contributed by atoms with Gasteiger partial charge in [0.15, 0.2) is 0 Å². The van der Waals surface area contributed by atoms with E-state index < -0.39 is 5.91 Å². The fourth-order valence-electron chi connectivity index (χ4n) is 1.86. The van der Waals surface area contributed by atoms with E-state index in [0.29, 0.717) is 22.6 Å². The first-order valence-electron chi connectivity index (χ1n) is 6.36. The summed E-state index contributed by atoms with van der Waals surface area (Å²) in [6, 6.07) is 8.27. The lowest BCUT2D eigenvalue weighted by molar-refractivity contribution is -0.115. The number of hydrogen-bond donors (Lipinski definition) is 3. The molecule has 2 amide bonds. The Balaban J connectivity index is 2.06. The van der Waals surface area contributed by atoms with E-state index in [1.807, 2.05) is 0 Å². The molecule has 108 valence electrons. The molecule has 2 rings (SSSR count). The van der Waals surface area contributed by atoms with Crippen LogP contribution in [0.1, 0.15) is 21.6 Å². The largest absolute Gasteiger partial charge is 0.397 e. The van der Waals surface area contributed by atoms with Crippen LogP contribution in [0.15, 0.2) is 36.5 Å². The summed E-state index contributed by atoms with van der Waals surface area (Å²) in [5.74, 6) is -0.691. The van der Waals surface area contributed by atoms with Crippen LogP contribution in [0.5, 0.6) is 0 Å². The summed E-state index contributed by atoms with van der Waals surface area (Å²) >= 11 is 0. The molecule has 6 heteroatoms. The Labute approximate surface area is 122 Å². The molecule has 0 fully saturated rings. The highest BCUT2D eigenvalue weighted by Gasteiger charge is 2.09. The predicted octanol–water partition coefficient (Wildman–Crippen LogP) is 1.25. The molecule has 0 atom stereocenters. The third-order valence-corrected chi connectivity index (χ3v) is 2.97. The average molecular weight is 284 g/mol. The Hall–Kier alpha value is -2.89. The van der Waals surface area contributed by atoms with Crippen LogP contribution in [0.2, 0.25) is 0 Å². The Morgan fingerprint density at radius 2 is 2.00 bits per heavy atom. The maximum Gasteiger partial charge on any atom is 0.248 e. The maximum absolute atomic E-state index is 12.0. The first-order valence-corrected chi connectivity index (χ1v) is 6.36. The van der Waals surface area contributed by atoms with Crippen LogP contribution in [0.25, 0.3) is 0 Å². The number of pyridine rings is 1. The van der Waals surface area contributed by atoms with Gasteiger partial charge in [0.1, 0.15) is 0 Å². The molecule has 2 aromatic rings. The fraction of sp³-hybridized carbons (Fsp3) is 0.133. The van der Waals surface area contributed by atoms with Gasteiger partial charge >= 0.3 is 0 Å². The monoisotopic (exact) mass is 284 g/mol. The number of nitrogen functional groups attached to an aromatic ring is 1. The molecule has 0 saturated heterocycles. The molecule has 0 spiro atoms. The number of amides is 2. The molecule has 1 aromatic heterocycles. The molecule has 0 aliphatic carbocycles. The van der Waals surface area contributed by atoms with Gasteiger partial charge in [-0.15, -0.1) is 0 Å². The second-order valence-electron chi connectivity index (χ2n) is 4.70. The van der Waals surface area contributed by atoms with Crippen molar-refractivity contribution >= 4 is 23.2 Å². The van der Waals surface area contributed by atoms with Gasteiger partial charge in [-0.05, 0) is 42.8 Å². The molecule has 0 aliphatic heterocycles. The summed E-state index contributed by atoms with van der Waals surface area (Å²) in [6.45, 7) is 1.80. The third-order valence-electron chi connectivity index (χ3n) is 2.97. The second kappa shape index (κ2) is 6.04. The number of carbonyl (C=O) groups is 2. The van der Waals surface area contributed by atoms with Crippen LogP contribution in [0.3, 0.4) is 0 Å². The predicted molar refractivity (Wildman–Crippen MR) is 80.7 cm³/mol. The minimum absolute atomic E-state index is 0.150. The molecule has 0 unspecified atom stereocenters. The van der Waals surface area contributed by atoms with Crippen molar-refractivity contribution in [2.45, 2.75) is 13.3 Å². The van der Waals surface area contributed by atoms with Crippen LogP contribution in [0.4, 0.5) is 11.4 Å². The van der Waals surface area contributed by atoms with E-state index in [-0.39, 0.29) is 12.3 Å². The van der Waals surface area contributed by atoms with Crippen molar-refractivity contribution in [3.05, 3.63) is 53.3 Å². The molecule has 1 heterocycles. The SMILES string of the molecule is Cc1cc(C(N)=O)ccc1NC(=O)Cc1ccc(N)cn1. The number of benzene rings is 1. The van der Waals surface area contributed by atoms with Crippen molar-refractivity contribution in [1.29, 1.82) is 0 Å². The number of hydrogen-bond acceptors (Lipinski definition) is 4. The van der Waals surface area contributed by atoms with Crippen LogP contribution < -0.4 is 16.8 Å². The Bertz CT molecular complexity index is 681. The van der Waals surface area contributed by atoms with Crippen LogP contribution in [-0.2, 0) is 11.2 Å². The number of aryl methyl sites for hydroxylation is 1. The number of carbonyl (C=O) groups excluding carboxylic acids is 2. The molecule has 0 aliphatic rings. The molecule has 0 bridgehead atoms. The van der Waals surface area contributed by atoms with E-state index in [1.165, 1.54) is 6.20 Å². The number of nitrogens with two attached hydrogens (primary N) is 2. The minimum atomic E-state index is -0.498. The molecular weight excluding hydrogens is 268 g/mol. The van der Waals surface area contributed by atoms with Gasteiger partial charge in [0.2, 0.25) is 11.8 Å². The quantitative estimate of drug-likeness (QED) is 0.784. The van der Waals surface area contributed by atoms with Gasteiger partial charge in [0.25, 0.3) is 0 Å². The van der Waals surface area contributed by atoms with Crippen LogP contribution in [-0.4, -0.2) is 16.8 Å². The zero-order chi connectivity index (χ0) is 15.4. The van der Waals surface area contributed by atoms with Crippen molar-refractivity contribution in [3.8, 4) is 0 Å². The van der Waals surface area contributed by atoms with E-state index in [9.17, 15) is 9.59 Å². The topological polar surface area (TPSA) is 111 Å². The van der Waals surface area contributed by atoms with Crippen molar-refractivity contribution < 1.29 is 9.59 Å². The smallest absolute Gasteiger partial charge is 0.248 e. The van der Waals surface area contributed by atoms with Gasteiger partial charge in [0.05, 0.1) is 18.3 Å². The number of nitrogens with one attached hydrogen (secondary N) is 1. The summed E-state index contributed by atoms with van der Waals surface area (Å²) in [6.07, 6.45) is 1.66. The summed E-state index contributed by atoms with van der Waals surface area (Å²) in [5, 5.41) is 2.78. The molecule has 21 heavy (non-hydrogen) atoms. The molecule has 6 nitrogen and oxygen atoms in total. The Morgan fingerprint density at radius 3 is 2.57 bits per heavy atom. The lowest BCUT2D eigenvalue weighted by Gasteiger charge is -2.09. The van der Waals surface area contributed by atoms with Gasteiger partial charge in [-0.3, -0.25) is 14.6 Å². The van der Waals surface area contributed by atoms with Gasteiger partial charge in [-0.1, -0.05) is 0 Å². The molecule has 0 radical (unpaired) electrons. The number of aromatic nitrogens is 1. The average Bonchev–Trinajstić information content (AvgIpc) is 2.43. The molecular formula is C15H16N4O2. The van der Waals surface area contributed by atoms with Crippen molar-refractivity contribution in [2.75, 3.05) is 11.1 Å². The fourth-order valence-corrected chi connectivity index (χ4v) is 1.86. The third kappa shape index (κ3) is 3.79. The number of anilines is 2. The summed E-state index contributed by atoms with van der Waals surface area (Å²) in [7, 11) is 0. The molecule has 5 N–H and O–H groups in total. The Kier molecular flexibility index (Phi) is 4.18. The number of nitrogens with zero attached hydrogens (tertiary/aromatic N) is 1. The number of primary amides is 1. The summed E-state index contributed by atoms with van der Waals surface area (Å²) in [4.78, 5) is 27.1. The lowest BCUT2D eigenvalue weighted by Crippen LogP contribution is -2.17. The van der Waals surface area contributed by atoms with E-state index in [0.717, 1.165) is 5.56 Å². The zero-order valence-corrected chi connectivity index (χ0v) is 11.6. The van der Waals surface area contributed by atoms with Gasteiger partial charge in [-0.2, -0.15) is 0 Å². The van der Waals surface area contributed by atoms with E-state index >= 15 is 0 Å². The van der Waals surface area contributed by atoms with Gasteiger partial charge < -0.3 is 16.8 Å². The lowest BCUT2D eigenvalue weighted by atomic mass is 10.1. The van der Waals surface area contributed by atoms with E-state index in [2.05, 4.69) is 10.3 Å². The zero-order valence-electron chi connectivity index (χ0n) is 11.6. The number of rotatable bonds is 4. The van der Waals surface area contributed by atoms with Crippen molar-refractivity contribution in [2.24, 2.45) is 5.73 Å². The minimum Gasteiger partial charge on any atom is -0.397 e. The highest BCUT2D eigenvalue weighted by molar-refractivity contribution is 5.96. The van der Waals surface area contributed by atoms with Crippen molar-refractivity contribution in [3.63, 3.8) is 0 Å². The van der Waals surface area contributed by atoms with Crippen LogP contribution in [0, 0.1) is 6.92 Å². The van der Waals surface area contributed by atoms with Gasteiger partial charge in [-0.25, -0.2) is 0 Å². The summed E-state index contributed by atoms with van der Waals surface area (Å²) < 4.78 is 0. The normalized spacial score (nSPS) is 10.1. The summed E-state index contributed by atoms with van der Waals surface area (Å²) in [5.41, 5.74) is 13.7. The Morgan fingerprint density at radius 1 is 1.24 bits per heavy atom. The molecule has 1 aromatic carbocycles. The highest BCUT2D eigenvalue weighted by Crippen LogP contribution is 2.16. The van der Waals surface area contributed by atoms with E-state index in [4.69, 9.17) is 11.5 Å².